The SMILES string of the molecule is COc1ccc(CCn2c(=O)c(C(=O)O)cc3c([N+](=O)[O-])cccc32)cc1. The summed E-state index contributed by atoms with van der Waals surface area (Å²) in [6.07, 6.45) is 0.449. The Kier molecular flexibility index (Phi) is 4.89. The zero-order valence-electron chi connectivity index (χ0n) is 14.4. The summed E-state index contributed by atoms with van der Waals surface area (Å²) in [5.41, 5.74) is -0.182. The highest BCUT2D eigenvalue weighted by molar-refractivity contribution is 5.96. The Morgan fingerprint density at radius 1 is 1.22 bits per heavy atom. The number of aromatic carboxylic acids is 1. The normalized spacial score (nSPS) is 10.7. The molecule has 0 radical (unpaired) electrons. The molecule has 3 rings (SSSR count). The Bertz CT molecular complexity index is 1090. The molecule has 0 aliphatic heterocycles. The van der Waals surface area contributed by atoms with Crippen LogP contribution in [0.1, 0.15) is 15.9 Å². The molecular weight excluding hydrogens is 352 g/mol. The lowest BCUT2D eigenvalue weighted by molar-refractivity contribution is -0.383. The van der Waals surface area contributed by atoms with E-state index in [1.807, 2.05) is 12.1 Å². The number of ether oxygens (including phenoxy) is 1. The molecule has 0 atom stereocenters. The third-order valence-electron chi connectivity index (χ3n) is 4.33. The number of fused-ring (bicyclic) bond motifs is 1. The minimum absolute atomic E-state index is 0.120. The number of nitrogens with zero attached hydrogens (tertiary/aromatic N) is 2. The molecule has 8 heteroatoms. The fourth-order valence-corrected chi connectivity index (χ4v) is 2.95. The van der Waals surface area contributed by atoms with Gasteiger partial charge in [0.15, 0.2) is 0 Å². The molecular formula is C19H16N2O6. The zero-order chi connectivity index (χ0) is 19.6. The minimum atomic E-state index is -1.42. The zero-order valence-corrected chi connectivity index (χ0v) is 14.4. The number of aryl methyl sites for hydroxylation is 2. The van der Waals surface area contributed by atoms with E-state index in [4.69, 9.17) is 4.74 Å². The minimum Gasteiger partial charge on any atom is -0.497 e. The van der Waals surface area contributed by atoms with Gasteiger partial charge in [-0.1, -0.05) is 18.2 Å². The first kappa shape index (κ1) is 18.1. The Morgan fingerprint density at radius 3 is 2.52 bits per heavy atom. The second-order valence-electron chi connectivity index (χ2n) is 5.89. The molecule has 1 N–H and O–H groups in total. The first-order chi connectivity index (χ1) is 12.9. The van der Waals surface area contributed by atoms with Gasteiger partial charge in [0.05, 0.1) is 22.9 Å². The van der Waals surface area contributed by atoms with Crippen molar-refractivity contribution in [3.8, 4) is 5.75 Å². The maximum atomic E-state index is 12.6. The summed E-state index contributed by atoms with van der Waals surface area (Å²) in [5.74, 6) is -0.719. The molecule has 1 aromatic heterocycles. The lowest BCUT2D eigenvalue weighted by Gasteiger charge is -2.12. The van der Waals surface area contributed by atoms with E-state index in [9.17, 15) is 24.8 Å². The smallest absolute Gasteiger partial charge is 0.341 e. The lowest BCUT2D eigenvalue weighted by Crippen LogP contribution is -2.27. The number of carboxylic acid groups (broad SMARTS) is 1. The molecule has 0 bridgehead atoms. The molecule has 27 heavy (non-hydrogen) atoms. The fraction of sp³-hybridized carbons (Fsp3) is 0.158. The third kappa shape index (κ3) is 3.50. The topological polar surface area (TPSA) is 112 Å². The average molecular weight is 368 g/mol. The van der Waals surface area contributed by atoms with Gasteiger partial charge in [-0.25, -0.2) is 4.79 Å². The van der Waals surface area contributed by atoms with Gasteiger partial charge in [0.1, 0.15) is 11.3 Å². The van der Waals surface area contributed by atoms with Gasteiger partial charge in [0.2, 0.25) is 0 Å². The van der Waals surface area contributed by atoms with E-state index in [2.05, 4.69) is 0 Å². The molecule has 8 nitrogen and oxygen atoms in total. The number of methoxy groups -OCH3 is 1. The number of hydrogen-bond donors (Lipinski definition) is 1. The quantitative estimate of drug-likeness (QED) is 0.529. The number of pyridine rings is 1. The van der Waals surface area contributed by atoms with E-state index >= 15 is 0 Å². The van der Waals surface area contributed by atoms with Gasteiger partial charge in [-0.05, 0) is 36.2 Å². The highest BCUT2D eigenvalue weighted by atomic mass is 16.6. The van der Waals surface area contributed by atoms with Crippen molar-refractivity contribution < 1.29 is 19.6 Å². The molecule has 2 aromatic carbocycles. The molecule has 0 aliphatic carbocycles. The highest BCUT2D eigenvalue weighted by Crippen LogP contribution is 2.25. The predicted octanol–water partition coefficient (Wildman–Crippen LogP) is 2.86. The number of carboxylic acids is 1. The van der Waals surface area contributed by atoms with Crippen LogP contribution in [0.3, 0.4) is 0 Å². The van der Waals surface area contributed by atoms with Crippen molar-refractivity contribution in [2.75, 3.05) is 7.11 Å². The number of aromatic nitrogens is 1. The second-order valence-corrected chi connectivity index (χ2v) is 5.89. The summed E-state index contributed by atoms with van der Waals surface area (Å²) >= 11 is 0. The summed E-state index contributed by atoms with van der Waals surface area (Å²) in [6.45, 7) is 0.184. The molecule has 0 fully saturated rings. The number of nitro benzene ring substituents is 1. The first-order valence-corrected chi connectivity index (χ1v) is 8.09. The highest BCUT2D eigenvalue weighted by Gasteiger charge is 2.20. The van der Waals surface area contributed by atoms with Crippen molar-refractivity contribution in [2.24, 2.45) is 0 Å². The Labute approximate surface area is 153 Å². The maximum absolute atomic E-state index is 12.6. The first-order valence-electron chi connectivity index (χ1n) is 8.09. The molecule has 3 aromatic rings. The lowest BCUT2D eigenvalue weighted by atomic mass is 10.1. The summed E-state index contributed by atoms with van der Waals surface area (Å²) in [5, 5.41) is 20.7. The molecule has 138 valence electrons. The van der Waals surface area contributed by atoms with Crippen LogP contribution in [-0.4, -0.2) is 27.7 Å². The maximum Gasteiger partial charge on any atom is 0.341 e. The van der Waals surface area contributed by atoms with Crippen molar-refractivity contribution in [1.82, 2.24) is 4.57 Å². The fourth-order valence-electron chi connectivity index (χ4n) is 2.95. The van der Waals surface area contributed by atoms with Gasteiger partial charge in [-0.3, -0.25) is 14.9 Å². The molecule has 0 saturated heterocycles. The van der Waals surface area contributed by atoms with E-state index in [0.717, 1.165) is 11.6 Å². The van der Waals surface area contributed by atoms with Gasteiger partial charge in [0.25, 0.3) is 11.2 Å². The van der Waals surface area contributed by atoms with Gasteiger partial charge >= 0.3 is 5.97 Å². The van der Waals surface area contributed by atoms with E-state index in [-0.39, 0.29) is 17.6 Å². The van der Waals surface area contributed by atoms with Gasteiger partial charge in [-0.15, -0.1) is 0 Å². The van der Waals surface area contributed by atoms with Crippen molar-refractivity contribution >= 4 is 22.6 Å². The summed E-state index contributed by atoms with van der Waals surface area (Å²) < 4.78 is 6.38. The number of rotatable bonds is 6. The van der Waals surface area contributed by atoms with E-state index in [1.165, 1.54) is 16.7 Å². The Morgan fingerprint density at radius 2 is 1.93 bits per heavy atom. The van der Waals surface area contributed by atoms with Crippen molar-refractivity contribution in [3.05, 3.63) is 80.1 Å². The molecule has 0 amide bonds. The van der Waals surface area contributed by atoms with Gasteiger partial charge in [-0.2, -0.15) is 0 Å². The largest absolute Gasteiger partial charge is 0.497 e. The number of carbonyl (C=O) groups is 1. The van der Waals surface area contributed by atoms with Crippen LogP contribution in [-0.2, 0) is 13.0 Å². The van der Waals surface area contributed by atoms with Gasteiger partial charge < -0.3 is 14.4 Å². The summed E-state index contributed by atoms with van der Waals surface area (Å²) in [6, 6.07) is 12.7. The number of benzene rings is 2. The van der Waals surface area contributed by atoms with Crippen LogP contribution in [0.5, 0.6) is 5.75 Å². The van der Waals surface area contributed by atoms with Crippen LogP contribution < -0.4 is 10.3 Å². The number of nitro groups is 1. The molecule has 0 saturated carbocycles. The molecule has 0 unspecified atom stereocenters. The van der Waals surface area contributed by atoms with Crippen LogP contribution in [0.25, 0.3) is 10.9 Å². The number of non-ortho nitro benzene ring substituents is 1. The average Bonchev–Trinajstić information content (AvgIpc) is 2.66. The van der Waals surface area contributed by atoms with Crippen LogP contribution in [0.15, 0.2) is 53.3 Å². The second kappa shape index (κ2) is 7.28. The predicted molar refractivity (Wildman–Crippen MR) is 98.5 cm³/mol. The number of hydrogen-bond acceptors (Lipinski definition) is 5. The van der Waals surface area contributed by atoms with Crippen LogP contribution in [0.4, 0.5) is 5.69 Å². The van der Waals surface area contributed by atoms with Crippen molar-refractivity contribution in [2.45, 2.75) is 13.0 Å². The van der Waals surface area contributed by atoms with Gasteiger partial charge in [0, 0.05) is 12.6 Å². The Hall–Kier alpha value is -3.68. The molecule has 1 heterocycles. The monoisotopic (exact) mass is 368 g/mol. The third-order valence-corrected chi connectivity index (χ3v) is 4.33. The molecule has 0 spiro atoms. The summed E-state index contributed by atoms with van der Waals surface area (Å²) in [7, 11) is 1.56. The van der Waals surface area contributed by atoms with Crippen LogP contribution in [0.2, 0.25) is 0 Å². The van der Waals surface area contributed by atoms with Crippen LogP contribution >= 0.6 is 0 Å². The van der Waals surface area contributed by atoms with Crippen LogP contribution in [0, 0.1) is 10.1 Å². The van der Waals surface area contributed by atoms with E-state index in [0.29, 0.717) is 17.7 Å². The van der Waals surface area contributed by atoms with Crippen molar-refractivity contribution in [1.29, 1.82) is 0 Å². The van der Waals surface area contributed by atoms with E-state index < -0.39 is 22.0 Å². The van der Waals surface area contributed by atoms with E-state index in [1.54, 1.807) is 25.3 Å². The van der Waals surface area contributed by atoms with Crippen molar-refractivity contribution in [3.63, 3.8) is 0 Å². The Balaban J connectivity index is 2.10. The molecule has 0 aliphatic rings. The summed E-state index contributed by atoms with van der Waals surface area (Å²) in [4.78, 5) is 34.8. The standard InChI is InChI=1S/C19H16N2O6/c1-27-13-7-5-12(6-8-13)9-10-20-16-3-2-4-17(21(25)26)14(16)11-15(18(20)22)19(23)24/h2-8,11H,9-10H2,1H3,(H,23,24).